The first kappa shape index (κ1) is 12.3. The summed E-state index contributed by atoms with van der Waals surface area (Å²) in [5.41, 5.74) is 4.69. The molecule has 0 aliphatic rings. The fourth-order valence-electron chi connectivity index (χ4n) is 1.19. The highest BCUT2D eigenvalue weighted by molar-refractivity contribution is 14.1. The number of hydrogen-bond acceptors (Lipinski definition) is 5. The van der Waals surface area contributed by atoms with Gasteiger partial charge in [-0.05, 0) is 47.7 Å². The van der Waals surface area contributed by atoms with Crippen molar-refractivity contribution in [3.05, 3.63) is 38.4 Å². The van der Waals surface area contributed by atoms with Crippen LogP contribution in [0.5, 0.6) is 5.75 Å². The Hall–Kier alpha value is -1.15. The number of rotatable bonds is 3. The van der Waals surface area contributed by atoms with Crippen LogP contribution in [0.25, 0.3) is 0 Å². The molecule has 17 heavy (non-hydrogen) atoms. The highest BCUT2D eigenvalue weighted by Crippen LogP contribution is 2.17. The van der Waals surface area contributed by atoms with Crippen molar-refractivity contribution in [1.82, 2.24) is 4.98 Å². The zero-order valence-electron chi connectivity index (χ0n) is 9.01. The molecule has 2 rings (SSSR count). The van der Waals surface area contributed by atoms with Crippen molar-refractivity contribution < 1.29 is 5.11 Å². The van der Waals surface area contributed by atoms with Gasteiger partial charge in [0, 0.05) is 14.5 Å². The lowest BCUT2D eigenvalue weighted by Crippen LogP contribution is -1.92. The third-order valence-corrected chi connectivity index (χ3v) is 3.81. The van der Waals surface area contributed by atoms with Crippen LogP contribution in [0, 0.1) is 10.5 Å². The lowest BCUT2D eigenvalue weighted by Gasteiger charge is -1.99. The maximum absolute atomic E-state index is 9.36. The lowest BCUT2D eigenvalue weighted by atomic mass is 10.2. The van der Waals surface area contributed by atoms with E-state index in [1.807, 2.05) is 18.4 Å². The predicted molar refractivity (Wildman–Crippen MR) is 78.9 cm³/mol. The molecule has 2 aromatic rings. The SMILES string of the molecule is Cc1csc(NN=Cc2cc(O)ccc2I)n1. The van der Waals surface area contributed by atoms with Gasteiger partial charge in [-0.25, -0.2) is 4.98 Å². The quantitative estimate of drug-likeness (QED) is 0.503. The van der Waals surface area contributed by atoms with Crippen LogP contribution in [0.1, 0.15) is 11.3 Å². The molecule has 0 atom stereocenters. The van der Waals surface area contributed by atoms with Crippen LogP contribution in [0.15, 0.2) is 28.7 Å². The summed E-state index contributed by atoms with van der Waals surface area (Å²) in [4.78, 5) is 4.22. The zero-order chi connectivity index (χ0) is 12.3. The zero-order valence-corrected chi connectivity index (χ0v) is 12.0. The minimum atomic E-state index is 0.233. The van der Waals surface area contributed by atoms with Crippen LogP contribution in [0.2, 0.25) is 0 Å². The summed E-state index contributed by atoms with van der Waals surface area (Å²) in [6.07, 6.45) is 1.66. The number of phenols is 1. The number of phenolic OH excluding ortho intramolecular Hbond substituents is 1. The van der Waals surface area contributed by atoms with E-state index in [4.69, 9.17) is 0 Å². The van der Waals surface area contributed by atoms with E-state index in [9.17, 15) is 5.11 Å². The Morgan fingerprint density at radius 3 is 3.06 bits per heavy atom. The molecular formula is C11H10IN3OS. The lowest BCUT2D eigenvalue weighted by molar-refractivity contribution is 0.475. The molecule has 0 unspecified atom stereocenters. The van der Waals surface area contributed by atoms with E-state index < -0.39 is 0 Å². The molecule has 0 radical (unpaired) electrons. The number of anilines is 1. The van der Waals surface area contributed by atoms with Crippen LogP contribution >= 0.6 is 33.9 Å². The molecule has 88 valence electrons. The standard InChI is InChI=1S/C11H10IN3OS/c1-7-6-17-11(14-7)15-13-5-8-4-9(16)2-3-10(8)12/h2-6,16H,1H3,(H,14,15). The third kappa shape index (κ3) is 3.40. The van der Waals surface area contributed by atoms with Crippen LogP contribution in [-0.4, -0.2) is 16.3 Å². The molecule has 0 aliphatic heterocycles. The number of benzene rings is 1. The second kappa shape index (κ2) is 5.46. The summed E-state index contributed by atoms with van der Waals surface area (Å²) >= 11 is 3.70. The number of nitrogens with zero attached hydrogens (tertiary/aromatic N) is 2. The van der Waals surface area contributed by atoms with Crippen LogP contribution < -0.4 is 5.43 Å². The van der Waals surface area contributed by atoms with Gasteiger partial charge in [-0.1, -0.05) is 0 Å². The molecule has 1 aromatic heterocycles. The van der Waals surface area contributed by atoms with Crippen molar-refractivity contribution in [3.63, 3.8) is 0 Å². The van der Waals surface area contributed by atoms with E-state index >= 15 is 0 Å². The number of hydrogen-bond donors (Lipinski definition) is 2. The maximum atomic E-state index is 9.36. The fourth-order valence-corrected chi connectivity index (χ4v) is 2.30. The highest BCUT2D eigenvalue weighted by atomic mass is 127. The van der Waals surface area contributed by atoms with Gasteiger partial charge in [-0.3, -0.25) is 5.43 Å². The normalized spacial score (nSPS) is 10.9. The van der Waals surface area contributed by atoms with E-state index in [-0.39, 0.29) is 5.75 Å². The van der Waals surface area contributed by atoms with E-state index in [1.165, 1.54) is 11.3 Å². The number of halogens is 1. The van der Waals surface area contributed by atoms with Gasteiger partial charge in [-0.15, -0.1) is 11.3 Å². The highest BCUT2D eigenvalue weighted by Gasteiger charge is 1.98. The smallest absolute Gasteiger partial charge is 0.203 e. The summed E-state index contributed by atoms with van der Waals surface area (Å²) in [7, 11) is 0. The summed E-state index contributed by atoms with van der Waals surface area (Å²) in [5.74, 6) is 0.233. The van der Waals surface area contributed by atoms with Crippen molar-refractivity contribution in [2.45, 2.75) is 6.92 Å². The summed E-state index contributed by atoms with van der Waals surface area (Å²) in [5, 5.41) is 16.2. The molecule has 1 aromatic carbocycles. The topological polar surface area (TPSA) is 57.5 Å². The van der Waals surface area contributed by atoms with Crippen LogP contribution in [0.3, 0.4) is 0 Å². The molecular weight excluding hydrogens is 349 g/mol. The van der Waals surface area contributed by atoms with Gasteiger partial charge in [0.05, 0.1) is 11.9 Å². The second-order valence-electron chi connectivity index (χ2n) is 3.37. The Bertz CT molecular complexity index is 553. The monoisotopic (exact) mass is 359 g/mol. The van der Waals surface area contributed by atoms with Crippen molar-refractivity contribution in [3.8, 4) is 5.75 Å². The first-order chi connectivity index (χ1) is 8.15. The average Bonchev–Trinajstić information content (AvgIpc) is 2.69. The number of aromatic nitrogens is 1. The Kier molecular flexibility index (Phi) is 3.95. The van der Waals surface area contributed by atoms with E-state index in [0.717, 1.165) is 20.0 Å². The molecule has 0 aliphatic carbocycles. The van der Waals surface area contributed by atoms with E-state index in [2.05, 4.69) is 38.1 Å². The van der Waals surface area contributed by atoms with Crippen molar-refractivity contribution >= 4 is 45.3 Å². The van der Waals surface area contributed by atoms with Crippen LogP contribution in [0.4, 0.5) is 5.13 Å². The first-order valence-corrected chi connectivity index (χ1v) is 6.81. The minimum Gasteiger partial charge on any atom is -0.508 e. The number of hydrazone groups is 1. The Balaban J connectivity index is 2.07. The summed E-state index contributed by atoms with van der Waals surface area (Å²) < 4.78 is 1.03. The largest absolute Gasteiger partial charge is 0.508 e. The number of thiazole rings is 1. The molecule has 1 heterocycles. The van der Waals surface area contributed by atoms with Gasteiger partial charge < -0.3 is 5.11 Å². The van der Waals surface area contributed by atoms with Gasteiger partial charge in [0.1, 0.15) is 5.75 Å². The van der Waals surface area contributed by atoms with Crippen molar-refractivity contribution in [2.24, 2.45) is 5.10 Å². The molecule has 4 nitrogen and oxygen atoms in total. The van der Waals surface area contributed by atoms with E-state index in [1.54, 1.807) is 18.3 Å². The molecule has 0 saturated heterocycles. The second-order valence-corrected chi connectivity index (χ2v) is 5.39. The molecule has 0 spiro atoms. The fraction of sp³-hybridized carbons (Fsp3) is 0.0909. The Labute approximate surface area is 117 Å². The molecule has 0 saturated carbocycles. The van der Waals surface area contributed by atoms with Crippen molar-refractivity contribution in [1.29, 1.82) is 0 Å². The Morgan fingerprint density at radius 2 is 2.35 bits per heavy atom. The molecule has 0 bridgehead atoms. The number of aryl methyl sites for hydroxylation is 1. The molecule has 0 amide bonds. The minimum absolute atomic E-state index is 0.233. The van der Waals surface area contributed by atoms with Gasteiger partial charge in [0.15, 0.2) is 0 Å². The summed E-state index contributed by atoms with van der Waals surface area (Å²) in [6.45, 7) is 1.93. The van der Waals surface area contributed by atoms with Crippen molar-refractivity contribution in [2.75, 3.05) is 5.43 Å². The van der Waals surface area contributed by atoms with Gasteiger partial charge in [-0.2, -0.15) is 5.10 Å². The van der Waals surface area contributed by atoms with E-state index in [0.29, 0.717) is 0 Å². The molecule has 2 N–H and O–H groups in total. The molecule has 0 fully saturated rings. The Morgan fingerprint density at radius 1 is 1.53 bits per heavy atom. The first-order valence-electron chi connectivity index (χ1n) is 4.85. The predicted octanol–water partition coefficient (Wildman–Crippen LogP) is 3.21. The maximum Gasteiger partial charge on any atom is 0.203 e. The summed E-state index contributed by atoms with van der Waals surface area (Å²) in [6, 6.07) is 5.15. The van der Waals surface area contributed by atoms with Gasteiger partial charge >= 0.3 is 0 Å². The van der Waals surface area contributed by atoms with Gasteiger partial charge in [0.2, 0.25) is 5.13 Å². The van der Waals surface area contributed by atoms with Gasteiger partial charge in [0.25, 0.3) is 0 Å². The molecule has 6 heteroatoms. The number of nitrogens with one attached hydrogen (secondary N) is 1. The third-order valence-electron chi connectivity index (χ3n) is 1.96. The van der Waals surface area contributed by atoms with Crippen LogP contribution in [-0.2, 0) is 0 Å². The average molecular weight is 359 g/mol. The number of aromatic hydroxyl groups is 1.